The SMILES string of the molecule is CCC(=O)N1CCC2(CC1)NC(=O)N(C1CCCN(C(=O)Cc3ccccc3C)C1)C2=O. The second-order valence-electron chi connectivity index (χ2n) is 9.16. The van der Waals surface area contributed by atoms with Gasteiger partial charge in [0.2, 0.25) is 11.8 Å². The van der Waals surface area contributed by atoms with Gasteiger partial charge in [-0.2, -0.15) is 0 Å². The van der Waals surface area contributed by atoms with Crippen LogP contribution in [-0.4, -0.2) is 76.2 Å². The normalized spacial score (nSPS) is 22.9. The topological polar surface area (TPSA) is 90.0 Å². The lowest BCUT2D eigenvalue weighted by Gasteiger charge is -2.39. The van der Waals surface area contributed by atoms with Crippen LogP contribution in [0.3, 0.4) is 0 Å². The second-order valence-corrected chi connectivity index (χ2v) is 9.16. The van der Waals surface area contributed by atoms with Crippen molar-refractivity contribution in [3.63, 3.8) is 0 Å². The van der Waals surface area contributed by atoms with E-state index in [1.54, 1.807) is 9.80 Å². The van der Waals surface area contributed by atoms with Crippen LogP contribution in [0.5, 0.6) is 0 Å². The van der Waals surface area contributed by atoms with Gasteiger partial charge in [-0.25, -0.2) is 4.79 Å². The second kappa shape index (κ2) is 8.92. The van der Waals surface area contributed by atoms with Gasteiger partial charge in [0, 0.05) is 32.6 Å². The molecule has 1 N–H and O–H groups in total. The van der Waals surface area contributed by atoms with Crippen molar-refractivity contribution < 1.29 is 19.2 Å². The number of carbonyl (C=O) groups is 4. The molecule has 3 aliphatic rings. The van der Waals surface area contributed by atoms with Crippen LogP contribution < -0.4 is 5.32 Å². The maximum Gasteiger partial charge on any atom is 0.325 e. The lowest BCUT2D eigenvalue weighted by Crippen LogP contribution is -2.57. The van der Waals surface area contributed by atoms with E-state index in [0.717, 1.165) is 17.5 Å². The van der Waals surface area contributed by atoms with Crippen molar-refractivity contribution in [2.75, 3.05) is 26.2 Å². The van der Waals surface area contributed by atoms with E-state index in [1.807, 2.05) is 38.1 Å². The third-order valence-corrected chi connectivity index (χ3v) is 7.18. The number of carbonyl (C=O) groups excluding carboxylic acids is 4. The van der Waals surface area contributed by atoms with Gasteiger partial charge in [-0.15, -0.1) is 0 Å². The van der Waals surface area contributed by atoms with Crippen LogP contribution in [0.2, 0.25) is 0 Å². The van der Waals surface area contributed by atoms with Gasteiger partial charge in [0.25, 0.3) is 5.91 Å². The lowest BCUT2D eigenvalue weighted by molar-refractivity contribution is -0.141. The molecule has 0 radical (unpaired) electrons. The first kappa shape index (κ1) is 22.3. The van der Waals surface area contributed by atoms with Crippen LogP contribution in [0.25, 0.3) is 0 Å². The predicted octanol–water partition coefficient (Wildman–Crippen LogP) is 1.85. The highest BCUT2D eigenvalue weighted by Gasteiger charge is 2.54. The number of piperidine rings is 2. The van der Waals surface area contributed by atoms with Gasteiger partial charge in [0.1, 0.15) is 5.54 Å². The summed E-state index contributed by atoms with van der Waals surface area (Å²) >= 11 is 0. The number of nitrogens with zero attached hydrogens (tertiary/aromatic N) is 3. The van der Waals surface area contributed by atoms with E-state index in [1.165, 1.54) is 4.90 Å². The van der Waals surface area contributed by atoms with Crippen LogP contribution in [0.15, 0.2) is 24.3 Å². The number of urea groups is 1. The largest absolute Gasteiger partial charge is 0.343 e. The number of likely N-dealkylation sites (tertiary alicyclic amines) is 2. The fourth-order valence-corrected chi connectivity index (χ4v) is 5.15. The van der Waals surface area contributed by atoms with Crippen molar-refractivity contribution in [2.24, 2.45) is 0 Å². The van der Waals surface area contributed by atoms with E-state index in [-0.39, 0.29) is 29.8 Å². The quantitative estimate of drug-likeness (QED) is 0.724. The Kier molecular flexibility index (Phi) is 6.22. The molecule has 0 aromatic heterocycles. The highest BCUT2D eigenvalue weighted by molar-refractivity contribution is 6.07. The molecular formula is C24H32N4O4. The summed E-state index contributed by atoms with van der Waals surface area (Å²) in [6.45, 7) is 5.78. The molecule has 1 atom stereocenters. The van der Waals surface area contributed by atoms with E-state index in [4.69, 9.17) is 0 Å². The first-order chi connectivity index (χ1) is 15.3. The summed E-state index contributed by atoms with van der Waals surface area (Å²) in [5.41, 5.74) is 1.16. The maximum atomic E-state index is 13.4. The van der Waals surface area contributed by atoms with Crippen LogP contribution in [0.4, 0.5) is 4.79 Å². The zero-order chi connectivity index (χ0) is 22.9. The van der Waals surface area contributed by atoms with Gasteiger partial charge >= 0.3 is 6.03 Å². The summed E-state index contributed by atoms with van der Waals surface area (Å²) in [5, 5.41) is 2.93. The Morgan fingerprint density at radius 3 is 2.47 bits per heavy atom. The third kappa shape index (κ3) is 4.10. The van der Waals surface area contributed by atoms with Crippen molar-refractivity contribution in [3.8, 4) is 0 Å². The fourth-order valence-electron chi connectivity index (χ4n) is 5.15. The Balaban J connectivity index is 1.42. The number of benzene rings is 1. The zero-order valence-corrected chi connectivity index (χ0v) is 18.9. The summed E-state index contributed by atoms with van der Waals surface area (Å²) < 4.78 is 0. The van der Waals surface area contributed by atoms with Crippen LogP contribution in [0.1, 0.15) is 50.2 Å². The first-order valence-corrected chi connectivity index (χ1v) is 11.6. The molecule has 32 heavy (non-hydrogen) atoms. The number of rotatable bonds is 4. The van der Waals surface area contributed by atoms with E-state index in [0.29, 0.717) is 58.3 Å². The molecule has 8 heteroatoms. The molecule has 3 aliphatic heterocycles. The van der Waals surface area contributed by atoms with E-state index in [2.05, 4.69) is 5.32 Å². The van der Waals surface area contributed by atoms with E-state index in [9.17, 15) is 19.2 Å². The van der Waals surface area contributed by atoms with Crippen molar-refractivity contribution in [3.05, 3.63) is 35.4 Å². The molecule has 4 rings (SSSR count). The van der Waals surface area contributed by atoms with Crippen molar-refractivity contribution in [2.45, 2.75) is 64.0 Å². The minimum atomic E-state index is -0.922. The molecule has 1 unspecified atom stereocenters. The fraction of sp³-hybridized carbons (Fsp3) is 0.583. The molecule has 3 fully saturated rings. The Labute approximate surface area is 188 Å². The molecule has 8 nitrogen and oxygen atoms in total. The van der Waals surface area contributed by atoms with Gasteiger partial charge in [-0.3, -0.25) is 19.3 Å². The molecule has 1 aromatic rings. The lowest BCUT2D eigenvalue weighted by atomic mass is 9.87. The van der Waals surface area contributed by atoms with Gasteiger partial charge in [0.05, 0.1) is 12.5 Å². The number of aryl methyl sites for hydroxylation is 1. The molecular weight excluding hydrogens is 408 g/mol. The van der Waals surface area contributed by atoms with Crippen molar-refractivity contribution >= 4 is 23.8 Å². The number of hydrogen-bond donors (Lipinski definition) is 1. The molecule has 3 saturated heterocycles. The average molecular weight is 441 g/mol. The van der Waals surface area contributed by atoms with Gasteiger partial charge in [0.15, 0.2) is 0 Å². The van der Waals surface area contributed by atoms with Crippen molar-refractivity contribution in [1.82, 2.24) is 20.0 Å². The number of hydrogen-bond acceptors (Lipinski definition) is 4. The number of imide groups is 1. The summed E-state index contributed by atoms with van der Waals surface area (Å²) in [6.07, 6.45) is 3.08. The highest BCUT2D eigenvalue weighted by atomic mass is 16.2. The standard InChI is InChI=1S/C24H32N4O4/c1-3-20(29)26-13-10-24(11-14-26)22(31)28(23(32)25-24)19-9-6-12-27(16-19)21(30)15-18-8-5-4-7-17(18)2/h4-5,7-8,19H,3,6,9-16H2,1-2H3,(H,25,32). The molecule has 1 spiro atoms. The summed E-state index contributed by atoms with van der Waals surface area (Å²) in [6, 6.07) is 7.16. The monoisotopic (exact) mass is 440 g/mol. The predicted molar refractivity (Wildman–Crippen MR) is 119 cm³/mol. The molecule has 3 heterocycles. The van der Waals surface area contributed by atoms with Gasteiger partial charge in [-0.1, -0.05) is 31.2 Å². The van der Waals surface area contributed by atoms with Gasteiger partial charge in [-0.05, 0) is 43.7 Å². The Morgan fingerprint density at radius 1 is 1.06 bits per heavy atom. The van der Waals surface area contributed by atoms with E-state index < -0.39 is 5.54 Å². The molecule has 1 aromatic carbocycles. The minimum absolute atomic E-state index is 0.0251. The first-order valence-electron chi connectivity index (χ1n) is 11.6. The molecule has 0 bridgehead atoms. The third-order valence-electron chi connectivity index (χ3n) is 7.18. The smallest absolute Gasteiger partial charge is 0.325 e. The molecule has 0 aliphatic carbocycles. The Hall–Kier alpha value is -2.90. The average Bonchev–Trinajstić information content (AvgIpc) is 3.04. The van der Waals surface area contributed by atoms with Gasteiger partial charge < -0.3 is 15.1 Å². The van der Waals surface area contributed by atoms with E-state index >= 15 is 0 Å². The van der Waals surface area contributed by atoms with Crippen molar-refractivity contribution in [1.29, 1.82) is 0 Å². The van der Waals surface area contributed by atoms with Crippen LogP contribution in [0, 0.1) is 6.92 Å². The zero-order valence-electron chi connectivity index (χ0n) is 18.9. The Bertz CT molecular complexity index is 922. The minimum Gasteiger partial charge on any atom is -0.343 e. The maximum absolute atomic E-state index is 13.4. The Morgan fingerprint density at radius 2 is 1.78 bits per heavy atom. The van der Waals surface area contributed by atoms with Crippen LogP contribution >= 0.6 is 0 Å². The molecule has 0 saturated carbocycles. The summed E-state index contributed by atoms with van der Waals surface area (Å²) in [5.74, 6) is -0.106. The summed E-state index contributed by atoms with van der Waals surface area (Å²) in [4.78, 5) is 56.1. The highest BCUT2D eigenvalue weighted by Crippen LogP contribution is 2.32. The number of nitrogens with one attached hydrogen (secondary N) is 1. The molecule has 5 amide bonds. The van der Waals surface area contributed by atoms with Crippen LogP contribution in [-0.2, 0) is 20.8 Å². The summed E-state index contributed by atoms with van der Waals surface area (Å²) in [7, 11) is 0. The number of amides is 5. The molecule has 172 valence electrons.